The fourth-order valence-electron chi connectivity index (χ4n) is 2.20. The Hall–Kier alpha value is -2.72. The van der Waals surface area contributed by atoms with Gasteiger partial charge in [0.2, 0.25) is 5.88 Å². The summed E-state index contributed by atoms with van der Waals surface area (Å²) in [6, 6.07) is 14.4. The van der Waals surface area contributed by atoms with Crippen LogP contribution in [0.1, 0.15) is 27.0 Å². The van der Waals surface area contributed by atoms with Crippen molar-refractivity contribution in [2.75, 3.05) is 0 Å². The summed E-state index contributed by atoms with van der Waals surface area (Å²) in [7, 11) is 0. The maximum absolute atomic E-state index is 12.4. The van der Waals surface area contributed by atoms with Crippen LogP contribution in [0.25, 0.3) is 0 Å². The number of carbonyl (C=O) groups is 1. The number of pyridine rings is 2. The summed E-state index contributed by atoms with van der Waals surface area (Å²) < 4.78 is 5.70. The number of nitrogens with zero attached hydrogens (tertiary/aromatic N) is 2. The van der Waals surface area contributed by atoms with Gasteiger partial charge in [-0.1, -0.05) is 41.9 Å². The maximum Gasteiger partial charge on any atom is 0.216 e. The van der Waals surface area contributed by atoms with Crippen LogP contribution in [0.4, 0.5) is 0 Å². The lowest BCUT2D eigenvalue weighted by Crippen LogP contribution is -2.03. The molecule has 0 radical (unpaired) electrons. The summed E-state index contributed by atoms with van der Waals surface area (Å²) in [6.07, 6.45) is 3.18. The van der Waals surface area contributed by atoms with E-state index in [9.17, 15) is 4.79 Å². The van der Waals surface area contributed by atoms with Crippen molar-refractivity contribution in [2.45, 2.75) is 13.5 Å². The standard InChI is InChI=1S/C19H15ClN2O2/c1-13-3-2-10-21-19(13)24-12-14-4-6-15(7-5-14)18(23)16-8-9-17(20)22-11-16/h2-11H,12H2,1H3. The third kappa shape index (κ3) is 3.78. The first-order chi connectivity index (χ1) is 11.6. The van der Waals surface area contributed by atoms with E-state index in [1.807, 2.05) is 31.2 Å². The molecule has 0 unspecified atom stereocenters. The van der Waals surface area contributed by atoms with Crippen LogP contribution in [0.15, 0.2) is 60.9 Å². The molecule has 4 nitrogen and oxygen atoms in total. The van der Waals surface area contributed by atoms with Crippen LogP contribution >= 0.6 is 11.6 Å². The van der Waals surface area contributed by atoms with Crippen LogP contribution in [0.2, 0.25) is 5.15 Å². The molecule has 0 aliphatic heterocycles. The number of rotatable bonds is 5. The number of aryl methyl sites for hydroxylation is 1. The molecule has 2 heterocycles. The molecule has 2 aromatic heterocycles. The van der Waals surface area contributed by atoms with Crippen molar-refractivity contribution >= 4 is 17.4 Å². The third-order valence-electron chi connectivity index (χ3n) is 3.54. The summed E-state index contributed by atoms with van der Waals surface area (Å²) in [5.74, 6) is 0.525. The van der Waals surface area contributed by atoms with Crippen LogP contribution in [0.5, 0.6) is 5.88 Å². The molecule has 0 amide bonds. The molecular weight excluding hydrogens is 324 g/mol. The van der Waals surface area contributed by atoms with Crippen molar-refractivity contribution in [1.82, 2.24) is 9.97 Å². The molecule has 0 aliphatic carbocycles. The molecule has 0 aliphatic rings. The molecule has 0 spiro atoms. The zero-order chi connectivity index (χ0) is 16.9. The summed E-state index contributed by atoms with van der Waals surface area (Å²) in [6.45, 7) is 2.35. The number of benzene rings is 1. The predicted molar refractivity (Wildman–Crippen MR) is 92.4 cm³/mol. The Labute approximate surface area is 145 Å². The number of ketones is 1. The average molecular weight is 339 g/mol. The van der Waals surface area contributed by atoms with Gasteiger partial charge in [0.15, 0.2) is 5.78 Å². The molecule has 1 aromatic carbocycles. The molecule has 0 saturated carbocycles. The average Bonchev–Trinajstić information content (AvgIpc) is 2.62. The highest BCUT2D eigenvalue weighted by Gasteiger charge is 2.09. The van der Waals surface area contributed by atoms with Crippen molar-refractivity contribution in [1.29, 1.82) is 0 Å². The predicted octanol–water partition coefficient (Wildman–Crippen LogP) is 4.25. The topological polar surface area (TPSA) is 52.1 Å². The van der Waals surface area contributed by atoms with Gasteiger partial charge < -0.3 is 4.74 Å². The molecule has 0 atom stereocenters. The van der Waals surface area contributed by atoms with Gasteiger partial charge in [0.1, 0.15) is 11.8 Å². The SMILES string of the molecule is Cc1cccnc1OCc1ccc(C(=O)c2ccc(Cl)nc2)cc1. The van der Waals surface area contributed by atoms with Crippen LogP contribution < -0.4 is 4.74 Å². The first-order valence-corrected chi connectivity index (χ1v) is 7.81. The minimum absolute atomic E-state index is 0.0906. The van der Waals surface area contributed by atoms with Crippen molar-refractivity contribution in [3.63, 3.8) is 0 Å². The van der Waals surface area contributed by atoms with E-state index in [0.717, 1.165) is 11.1 Å². The van der Waals surface area contributed by atoms with E-state index in [1.54, 1.807) is 30.5 Å². The molecule has 0 N–H and O–H groups in total. The van der Waals surface area contributed by atoms with E-state index in [2.05, 4.69) is 9.97 Å². The second-order valence-electron chi connectivity index (χ2n) is 5.31. The molecule has 5 heteroatoms. The fourth-order valence-corrected chi connectivity index (χ4v) is 2.31. The molecule has 24 heavy (non-hydrogen) atoms. The van der Waals surface area contributed by atoms with Gasteiger partial charge in [-0.15, -0.1) is 0 Å². The Balaban J connectivity index is 1.68. The lowest BCUT2D eigenvalue weighted by atomic mass is 10.0. The van der Waals surface area contributed by atoms with E-state index < -0.39 is 0 Å². The number of aromatic nitrogens is 2. The van der Waals surface area contributed by atoms with Gasteiger partial charge in [-0.2, -0.15) is 0 Å². The largest absolute Gasteiger partial charge is 0.473 e. The summed E-state index contributed by atoms with van der Waals surface area (Å²) in [4.78, 5) is 20.5. The summed E-state index contributed by atoms with van der Waals surface area (Å²) in [5.41, 5.74) is 3.05. The lowest BCUT2D eigenvalue weighted by Gasteiger charge is -2.08. The van der Waals surface area contributed by atoms with E-state index in [0.29, 0.717) is 28.8 Å². The van der Waals surface area contributed by atoms with Gasteiger partial charge in [0.05, 0.1) is 0 Å². The highest BCUT2D eigenvalue weighted by atomic mass is 35.5. The monoisotopic (exact) mass is 338 g/mol. The Morgan fingerprint density at radius 2 is 1.79 bits per heavy atom. The summed E-state index contributed by atoms with van der Waals surface area (Å²) in [5, 5.41) is 0.365. The number of ether oxygens (including phenoxy) is 1. The number of hydrogen-bond acceptors (Lipinski definition) is 4. The molecule has 0 fully saturated rings. The van der Waals surface area contributed by atoms with Gasteiger partial charge >= 0.3 is 0 Å². The van der Waals surface area contributed by atoms with Crippen LogP contribution in [-0.2, 0) is 6.61 Å². The van der Waals surface area contributed by atoms with E-state index in [1.165, 1.54) is 6.20 Å². The van der Waals surface area contributed by atoms with E-state index in [-0.39, 0.29) is 5.78 Å². The van der Waals surface area contributed by atoms with Crippen molar-refractivity contribution in [3.05, 3.63) is 88.3 Å². The molecule has 3 aromatic rings. The maximum atomic E-state index is 12.4. The van der Waals surface area contributed by atoms with E-state index >= 15 is 0 Å². The molecule has 3 rings (SSSR count). The Morgan fingerprint density at radius 1 is 1.04 bits per heavy atom. The number of hydrogen-bond donors (Lipinski definition) is 0. The number of halogens is 1. The smallest absolute Gasteiger partial charge is 0.216 e. The first-order valence-electron chi connectivity index (χ1n) is 7.43. The van der Waals surface area contributed by atoms with Gasteiger partial charge in [0, 0.05) is 29.1 Å². The summed E-state index contributed by atoms with van der Waals surface area (Å²) >= 11 is 5.74. The van der Waals surface area contributed by atoms with Crippen molar-refractivity contribution < 1.29 is 9.53 Å². The van der Waals surface area contributed by atoms with Gasteiger partial charge in [-0.25, -0.2) is 9.97 Å². The lowest BCUT2D eigenvalue weighted by molar-refractivity contribution is 0.103. The fraction of sp³-hybridized carbons (Fsp3) is 0.105. The normalized spacial score (nSPS) is 10.4. The minimum Gasteiger partial charge on any atom is -0.473 e. The second-order valence-corrected chi connectivity index (χ2v) is 5.70. The second kappa shape index (κ2) is 7.23. The van der Waals surface area contributed by atoms with Crippen LogP contribution in [-0.4, -0.2) is 15.8 Å². The van der Waals surface area contributed by atoms with Gasteiger partial charge in [-0.05, 0) is 30.7 Å². The molecule has 0 bridgehead atoms. The quantitative estimate of drug-likeness (QED) is 0.515. The zero-order valence-corrected chi connectivity index (χ0v) is 13.8. The highest BCUT2D eigenvalue weighted by Crippen LogP contribution is 2.16. The first kappa shape index (κ1) is 16.1. The minimum atomic E-state index is -0.0906. The molecule has 120 valence electrons. The third-order valence-corrected chi connectivity index (χ3v) is 3.77. The van der Waals surface area contributed by atoms with Gasteiger partial charge in [-0.3, -0.25) is 4.79 Å². The van der Waals surface area contributed by atoms with Crippen LogP contribution in [0.3, 0.4) is 0 Å². The number of carbonyl (C=O) groups excluding carboxylic acids is 1. The highest BCUT2D eigenvalue weighted by molar-refractivity contribution is 6.29. The Morgan fingerprint density at radius 3 is 2.46 bits per heavy atom. The van der Waals surface area contributed by atoms with E-state index in [4.69, 9.17) is 16.3 Å². The van der Waals surface area contributed by atoms with Crippen LogP contribution in [0, 0.1) is 6.92 Å². The van der Waals surface area contributed by atoms with Crippen molar-refractivity contribution in [3.8, 4) is 5.88 Å². The Kier molecular flexibility index (Phi) is 4.87. The Bertz CT molecular complexity index is 846. The van der Waals surface area contributed by atoms with Gasteiger partial charge in [0.25, 0.3) is 0 Å². The van der Waals surface area contributed by atoms with Crippen molar-refractivity contribution in [2.24, 2.45) is 0 Å². The molecule has 0 saturated heterocycles. The molecular formula is C19H15ClN2O2. The zero-order valence-electron chi connectivity index (χ0n) is 13.1.